The van der Waals surface area contributed by atoms with Gasteiger partial charge in [-0.15, -0.1) is 0 Å². The highest BCUT2D eigenvalue weighted by Gasteiger charge is 2.23. The van der Waals surface area contributed by atoms with Gasteiger partial charge in [0.15, 0.2) is 0 Å². The lowest BCUT2D eigenvalue weighted by atomic mass is 9.86. The van der Waals surface area contributed by atoms with Crippen LogP contribution in [0, 0.1) is 5.92 Å². The summed E-state index contributed by atoms with van der Waals surface area (Å²) in [7, 11) is 2.25. The van der Waals surface area contributed by atoms with Gasteiger partial charge >= 0.3 is 0 Å². The molecule has 2 nitrogen and oxygen atoms in total. The normalized spacial score (nSPS) is 39.2. The molecule has 0 bridgehead atoms. The number of rotatable bonds is 2. The van der Waals surface area contributed by atoms with Crippen molar-refractivity contribution in [2.75, 3.05) is 20.1 Å². The Morgan fingerprint density at radius 1 is 1.07 bits per heavy atom. The average Bonchev–Trinajstić information content (AvgIpc) is 2.17. The van der Waals surface area contributed by atoms with Crippen molar-refractivity contribution in [1.82, 2.24) is 10.2 Å². The first-order valence-corrected chi connectivity index (χ1v) is 6.68. The zero-order valence-electron chi connectivity index (χ0n) is 10.3. The van der Waals surface area contributed by atoms with E-state index >= 15 is 0 Å². The van der Waals surface area contributed by atoms with Crippen LogP contribution in [0.5, 0.6) is 0 Å². The number of nitrogens with one attached hydrogen (secondary N) is 1. The van der Waals surface area contributed by atoms with Crippen LogP contribution >= 0.6 is 0 Å². The van der Waals surface area contributed by atoms with E-state index in [4.69, 9.17) is 0 Å². The Bertz CT molecular complexity index is 173. The molecular weight excluding hydrogens is 184 g/mol. The van der Waals surface area contributed by atoms with Crippen molar-refractivity contribution < 1.29 is 0 Å². The zero-order chi connectivity index (χ0) is 10.7. The lowest BCUT2D eigenvalue weighted by Crippen LogP contribution is -2.48. The molecule has 0 aromatic rings. The zero-order valence-corrected chi connectivity index (χ0v) is 10.3. The Morgan fingerprint density at radius 3 is 2.60 bits per heavy atom. The molecule has 0 aromatic carbocycles. The van der Waals surface area contributed by atoms with E-state index in [0.717, 1.165) is 18.0 Å². The van der Waals surface area contributed by atoms with Crippen molar-refractivity contribution in [1.29, 1.82) is 0 Å². The molecule has 88 valence electrons. The lowest BCUT2D eigenvalue weighted by molar-refractivity contribution is 0.195. The summed E-state index contributed by atoms with van der Waals surface area (Å²) in [5.74, 6) is 0.942. The Balaban J connectivity index is 1.75. The summed E-state index contributed by atoms with van der Waals surface area (Å²) in [6, 6.07) is 1.57. The summed E-state index contributed by atoms with van der Waals surface area (Å²) in [6.07, 6.45) is 8.45. The molecule has 0 amide bonds. The number of hydrogen-bond acceptors (Lipinski definition) is 2. The molecule has 0 aromatic heterocycles. The summed E-state index contributed by atoms with van der Waals surface area (Å²) in [6.45, 7) is 4.95. The topological polar surface area (TPSA) is 15.3 Å². The van der Waals surface area contributed by atoms with Crippen LogP contribution < -0.4 is 5.32 Å². The van der Waals surface area contributed by atoms with Gasteiger partial charge in [0.2, 0.25) is 0 Å². The third-order valence-electron chi connectivity index (χ3n) is 4.03. The number of likely N-dealkylation sites (tertiary alicyclic amines) is 1. The minimum Gasteiger partial charge on any atom is -0.310 e. The maximum absolute atomic E-state index is 3.88. The van der Waals surface area contributed by atoms with Gasteiger partial charge in [-0.1, -0.05) is 19.8 Å². The second kappa shape index (κ2) is 5.31. The predicted molar refractivity (Wildman–Crippen MR) is 65.1 cm³/mol. The highest BCUT2D eigenvalue weighted by Crippen LogP contribution is 2.24. The fraction of sp³-hybridized carbons (Fsp3) is 1.00. The standard InChI is InChI=1S/C13H26N2/c1-11-5-3-6-12(9-11)14-13-7-4-8-15(2)10-13/h11-14H,3-10H2,1-2H3. The molecule has 2 heteroatoms. The molecule has 2 aliphatic rings. The second-order valence-electron chi connectivity index (χ2n) is 5.74. The number of hydrogen-bond donors (Lipinski definition) is 1. The summed E-state index contributed by atoms with van der Waals surface area (Å²) < 4.78 is 0. The third kappa shape index (κ3) is 3.46. The second-order valence-corrected chi connectivity index (χ2v) is 5.74. The first kappa shape index (κ1) is 11.4. The van der Waals surface area contributed by atoms with Gasteiger partial charge < -0.3 is 10.2 Å². The Hall–Kier alpha value is -0.0800. The minimum atomic E-state index is 0.763. The van der Waals surface area contributed by atoms with Gasteiger partial charge in [-0.05, 0) is 45.2 Å². The smallest absolute Gasteiger partial charge is 0.0197 e. The fourth-order valence-corrected chi connectivity index (χ4v) is 3.22. The van der Waals surface area contributed by atoms with Crippen LogP contribution in [0.3, 0.4) is 0 Å². The Morgan fingerprint density at radius 2 is 1.87 bits per heavy atom. The van der Waals surface area contributed by atoms with E-state index in [0.29, 0.717) is 0 Å². The molecular formula is C13H26N2. The van der Waals surface area contributed by atoms with Gasteiger partial charge in [-0.25, -0.2) is 0 Å². The maximum atomic E-state index is 3.88. The molecule has 1 aliphatic carbocycles. The first-order chi connectivity index (χ1) is 7.24. The van der Waals surface area contributed by atoms with E-state index in [1.807, 2.05) is 0 Å². The first-order valence-electron chi connectivity index (χ1n) is 6.68. The molecule has 2 rings (SSSR count). The molecule has 15 heavy (non-hydrogen) atoms. The van der Waals surface area contributed by atoms with Crippen LogP contribution in [-0.4, -0.2) is 37.1 Å². The molecule has 1 N–H and O–H groups in total. The van der Waals surface area contributed by atoms with Crippen molar-refractivity contribution in [3.63, 3.8) is 0 Å². The molecule has 3 unspecified atom stereocenters. The van der Waals surface area contributed by atoms with Crippen LogP contribution in [-0.2, 0) is 0 Å². The van der Waals surface area contributed by atoms with Crippen LogP contribution in [0.25, 0.3) is 0 Å². The number of likely N-dealkylation sites (N-methyl/N-ethyl adjacent to an activating group) is 1. The minimum absolute atomic E-state index is 0.763. The third-order valence-corrected chi connectivity index (χ3v) is 4.03. The van der Waals surface area contributed by atoms with E-state index in [9.17, 15) is 0 Å². The monoisotopic (exact) mass is 210 g/mol. The van der Waals surface area contributed by atoms with Gasteiger partial charge in [0.1, 0.15) is 0 Å². The molecule has 1 saturated carbocycles. The van der Waals surface area contributed by atoms with Crippen molar-refractivity contribution in [2.45, 2.75) is 57.5 Å². The van der Waals surface area contributed by atoms with E-state index in [2.05, 4.69) is 24.2 Å². The highest BCUT2D eigenvalue weighted by molar-refractivity contribution is 4.83. The van der Waals surface area contributed by atoms with Crippen LogP contribution in [0.15, 0.2) is 0 Å². The van der Waals surface area contributed by atoms with Crippen molar-refractivity contribution in [2.24, 2.45) is 5.92 Å². The molecule has 1 heterocycles. The van der Waals surface area contributed by atoms with Gasteiger partial charge in [-0.2, -0.15) is 0 Å². The molecule has 1 aliphatic heterocycles. The van der Waals surface area contributed by atoms with Crippen molar-refractivity contribution >= 4 is 0 Å². The molecule has 3 atom stereocenters. The molecule has 1 saturated heterocycles. The molecule has 0 radical (unpaired) electrons. The van der Waals surface area contributed by atoms with E-state index in [1.54, 1.807) is 0 Å². The van der Waals surface area contributed by atoms with Gasteiger partial charge in [0.05, 0.1) is 0 Å². The number of nitrogens with zero attached hydrogens (tertiary/aromatic N) is 1. The highest BCUT2D eigenvalue weighted by atomic mass is 15.1. The fourth-order valence-electron chi connectivity index (χ4n) is 3.22. The Kier molecular flexibility index (Phi) is 4.04. The average molecular weight is 210 g/mol. The molecule has 2 fully saturated rings. The number of piperidine rings is 1. The van der Waals surface area contributed by atoms with Gasteiger partial charge in [-0.3, -0.25) is 0 Å². The largest absolute Gasteiger partial charge is 0.310 e. The van der Waals surface area contributed by atoms with Crippen LogP contribution in [0.4, 0.5) is 0 Å². The van der Waals surface area contributed by atoms with E-state index in [1.165, 1.54) is 51.6 Å². The van der Waals surface area contributed by atoms with Gasteiger partial charge in [0, 0.05) is 18.6 Å². The quantitative estimate of drug-likeness (QED) is 0.752. The van der Waals surface area contributed by atoms with Crippen molar-refractivity contribution in [3.8, 4) is 0 Å². The summed E-state index contributed by atoms with van der Waals surface area (Å²) in [5.41, 5.74) is 0. The summed E-state index contributed by atoms with van der Waals surface area (Å²) >= 11 is 0. The van der Waals surface area contributed by atoms with Crippen LogP contribution in [0.1, 0.15) is 45.4 Å². The summed E-state index contributed by atoms with van der Waals surface area (Å²) in [5, 5.41) is 3.88. The van der Waals surface area contributed by atoms with E-state index < -0.39 is 0 Å². The lowest BCUT2D eigenvalue weighted by Gasteiger charge is -2.36. The predicted octanol–water partition coefficient (Wildman–Crippen LogP) is 2.25. The Labute approximate surface area is 94.4 Å². The van der Waals surface area contributed by atoms with E-state index in [-0.39, 0.29) is 0 Å². The van der Waals surface area contributed by atoms with Crippen LogP contribution in [0.2, 0.25) is 0 Å². The van der Waals surface area contributed by atoms with Gasteiger partial charge in [0.25, 0.3) is 0 Å². The maximum Gasteiger partial charge on any atom is 0.0197 e. The summed E-state index contributed by atoms with van der Waals surface area (Å²) in [4.78, 5) is 2.47. The molecule has 0 spiro atoms. The SMILES string of the molecule is CC1CCCC(NC2CCCN(C)C2)C1. The van der Waals surface area contributed by atoms with Crippen molar-refractivity contribution in [3.05, 3.63) is 0 Å².